The molecule has 0 spiro atoms. The minimum Gasteiger partial charge on any atom is -0.393 e. The monoisotopic (exact) mass is 256 g/mol. The molecule has 0 aliphatic carbocycles. The fourth-order valence-corrected chi connectivity index (χ4v) is 2.12. The second-order valence-corrected chi connectivity index (χ2v) is 4.98. The molecule has 2 nitrogen and oxygen atoms in total. The molecule has 100 valence electrons. The Kier molecular flexibility index (Phi) is 4.35. The molecule has 0 radical (unpaired) electrons. The summed E-state index contributed by atoms with van der Waals surface area (Å²) in [6, 6.07) is 18.3. The lowest BCUT2D eigenvalue weighted by atomic mass is 9.92. The third kappa shape index (κ3) is 3.43. The second-order valence-electron chi connectivity index (χ2n) is 4.98. The summed E-state index contributed by atoms with van der Waals surface area (Å²) < 4.78 is 0. The fraction of sp³-hybridized carbons (Fsp3) is 0.294. The van der Waals surface area contributed by atoms with E-state index in [0.29, 0.717) is 12.8 Å². The van der Waals surface area contributed by atoms with Crippen molar-refractivity contribution < 1.29 is 10.2 Å². The molecule has 2 aromatic rings. The minimum atomic E-state index is -1.01. The molecule has 2 aromatic carbocycles. The zero-order valence-electron chi connectivity index (χ0n) is 11.2. The van der Waals surface area contributed by atoms with Crippen LogP contribution in [0.4, 0.5) is 0 Å². The van der Waals surface area contributed by atoms with Crippen LogP contribution in [0.15, 0.2) is 54.6 Å². The Bertz CT molecular complexity index is 499. The SMILES string of the molecule is CCC(O)(CO)Cc1ccc(-c2ccccc2)cc1. The third-order valence-corrected chi connectivity index (χ3v) is 3.55. The Morgan fingerprint density at radius 2 is 1.47 bits per heavy atom. The molecular formula is C17H20O2. The van der Waals surface area contributed by atoms with Gasteiger partial charge in [-0.3, -0.25) is 0 Å². The molecule has 0 aromatic heterocycles. The number of benzene rings is 2. The molecule has 0 aliphatic heterocycles. The molecule has 19 heavy (non-hydrogen) atoms. The van der Waals surface area contributed by atoms with Gasteiger partial charge in [-0.15, -0.1) is 0 Å². The van der Waals surface area contributed by atoms with Gasteiger partial charge in [0, 0.05) is 6.42 Å². The van der Waals surface area contributed by atoms with Crippen molar-refractivity contribution in [2.24, 2.45) is 0 Å². The standard InChI is InChI=1S/C17H20O2/c1-2-17(19,13-18)12-14-8-10-16(11-9-14)15-6-4-3-5-7-15/h3-11,18-19H,2,12-13H2,1H3. The maximum absolute atomic E-state index is 10.1. The van der Waals surface area contributed by atoms with Crippen molar-refractivity contribution in [3.05, 3.63) is 60.2 Å². The first-order valence-corrected chi connectivity index (χ1v) is 6.64. The van der Waals surface area contributed by atoms with Gasteiger partial charge in [-0.2, -0.15) is 0 Å². The average molecular weight is 256 g/mol. The van der Waals surface area contributed by atoms with E-state index < -0.39 is 5.60 Å². The van der Waals surface area contributed by atoms with Gasteiger partial charge in [0.1, 0.15) is 0 Å². The highest BCUT2D eigenvalue weighted by atomic mass is 16.3. The maximum Gasteiger partial charge on any atom is 0.0914 e. The zero-order valence-corrected chi connectivity index (χ0v) is 11.2. The topological polar surface area (TPSA) is 40.5 Å². The Morgan fingerprint density at radius 1 is 0.895 bits per heavy atom. The fourth-order valence-electron chi connectivity index (χ4n) is 2.12. The van der Waals surface area contributed by atoms with Crippen molar-refractivity contribution >= 4 is 0 Å². The number of aliphatic hydroxyl groups is 2. The summed E-state index contributed by atoms with van der Waals surface area (Å²) >= 11 is 0. The van der Waals surface area contributed by atoms with Gasteiger partial charge in [0.2, 0.25) is 0 Å². The van der Waals surface area contributed by atoms with E-state index in [1.807, 2.05) is 37.3 Å². The molecular weight excluding hydrogens is 236 g/mol. The van der Waals surface area contributed by atoms with Crippen LogP contribution in [0.5, 0.6) is 0 Å². The highest BCUT2D eigenvalue weighted by molar-refractivity contribution is 5.63. The van der Waals surface area contributed by atoms with E-state index in [4.69, 9.17) is 0 Å². The molecule has 1 unspecified atom stereocenters. The summed E-state index contributed by atoms with van der Waals surface area (Å²) in [7, 11) is 0. The van der Waals surface area contributed by atoms with Crippen molar-refractivity contribution in [2.75, 3.05) is 6.61 Å². The van der Waals surface area contributed by atoms with Crippen LogP contribution in [0, 0.1) is 0 Å². The quantitative estimate of drug-likeness (QED) is 0.863. The van der Waals surface area contributed by atoms with Crippen LogP contribution in [0.1, 0.15) is 18.9 Å². The molecule has 0 amide bonds. The van der Waals surface area contributed by atoms with E-state index in [0.717, 1.165) is 11.1 Å². The van der Waals surface area contributed by atoms with Crippen LogP contribution in [-0.4, -0.2) is 22.4 Å². The summed E-state index contributed by atoms with van der Waals surface area (Å²) in [6.07, 6.45) is 1.03. The number of aliphatic hydroxyl groups excluding tert-OH is 1. The Labute approximate surface area is 114 Å². The van der Waals surface area contributed by atoms with Crippen LogP contribution in [0.2, 0.25) is 0 Å². The van der Waals surface area contributed by atoms with Gasteiger partial charge in [0.15, 0.2) is 0 Å². The van der Waals surface area contributed by atoms with E-state index in [-0.39, 0.29) is 6.61 Å². The summed E-state index contributed by atoms with van der Waals surface area (Å²) in [5, 5.41) is 19.3. The third-order valence-electron chi connectivity index (χ3n) is 3.55. The van der Waals surface area contributed by atoms with Crippen LogP contribution < -0.4 is 0 Å². The molecule has 0 saturated heterocycles. The summed E-state index contributed by atoms with van der Waals surface area (Å²) in [5.74, 6) is 0. The highest BCUT2D eigenvalue weighted by Crippen LogP contribution is 2.22. The molecule has 0 heterocycles. The van der Waals surface area contributed by atoms with Gasteiger partial charge in [-0.1, -0.05) is 61.5 Å². The van der Waals surface area contributed by atoms with Gasteiger partial charge < -0.3 is 10.2 Å². The van der Waals surface area contributed by atoms with Crippen LogP contribution in [0.25, 0.3) is 11.1 Å². The van der Waals surface area contributed by atoms with Gasteiger partial charge >= 0.3 is 0 Å². The number of rotatable bonds is 5. The number of hydrogen-bond acceptors (Lipinski definition) is 2. The van der Waals surface area contributed by atoms with Crippen LogP contribution in [-0.2, 0) is 6.42 Å². The van der Waals surface area contributed by atoms with E-state index >= 15 is 0 Å². The Balaban J connectivity index is 2.15. The first kappa shape index (κ1) is 13.8. The van der Waals surface area contributed by atoms with Crippen molar-refractivity contribution in [3.8, 4) is 11.1 Å². The van der Waals surface area contributed by atoms with Gasteiger partial charge in [0.05, 0.1) is 12.2 Å². The largest absolute Gasteiger partial charge is 0.393 e. The highest BCUT2D eigenvalue weighted by Gasteiger charge is 2.23. The molecule has 0 bridgehead atoms. The first-order chi connectivity index (χ1) is 9.17. The minimum absolute atomic E-state index is 0.204. The summed E-state index contributed by atoms with van der Waals surface area (Å²) in [6.45, 7) is 1.68. The maximum atomic E-state index is 10.1. The molecule has 0 fully saturated rings. The normalized spacial score (nSPS) is 14.1. The predicted molar refractivity (Wildman–Crippen MR) is 77.9 cm³/mol. The van der Waals surface area contributed by atoms with Crippen molar-refractivity contribution in [1.82, 2.24) is 0 Å². The van der Waals surface area contributed by atoms with E-state index in [1.165, 1.54) is 5.56 Å². The van der Waals surface area contributed by atoms with Crippen molar-refractivity contribution in [1.29, 1.82) is 0 Å². The summed E-state index contributed by atoms with van der Waals surface area (Å²) in [4.78, 5) is 0. The van der Waals surface area contributed by atoms with Crippen LogP contribution >= 0.6 is 0 Å². The van der Waals surface area contributed by atoms with Gasteiger partial charge in [-0.05, 0) is 23.1 Å². The Morgan fingerprint density at radius 3 is 2.00 bits per heavy atom. The lowest BCUT2D eigenvalue weighted by Gasteiger charge is -2.24. The Hall–Kier alpha value is -1.64. The predicted octanol–water partition coefficient (Wildman–Crippen LogP) is 3.03. The molecule has 2 heteroatoms. The van der Waals surface area contributed by atoms with Gasteiger partial charge in [-0.25, -0.2) is 0 Å². The number of hydrogen-bond donors (Lipinski definition) is 2. The van der Waals surface area contributed by atoms with E-state index in [1.54, 1.807) is 0 Å². The van der Waals surface area contributed by atoms with E-state index in [9.17, 15) is 10.2 Å². The zero-order chi connectivity index (χ0) is 13.7. The average Bonchev–Trinajstić information content (AvgIpc) is 2.49. The smallest absolute Gasteiger partial charge is 0.0914 e. The lowest BCUT2D eigenvalue weighted by molar-refractivity contribution is -0.0169. The molecule has 0 aliphatic rings. The van der Waals surface area contributed by atoms with Crippen LogP contribution in [0.3, 0.4) is 0 Å². The molecule has 1 atom stereocenters. The molecule has 2 N–H and O–H groups in total. The first-order valence-electron chi connectivity index (χ1n) is 6.64. The van der Waals surface area contributed by atoms with Crippen molar-refractivity contribution in [3.63, 3.8) is 0 Å². The summed E-state index contributed by atoms with van der Waals surface area (Å²) in [5.41, 5.74) is 2.38. The van der Waals surface area contributed by atoms with Gasteiger partial charge in [0.25, 0.3) is 0 Å². The lowest BCUT2D eigenvalue weighted by Crippen LogP contribution is -2.34. The molecule has 2 rings (SSSR count). The van der Waals surface area contributed by atoms with E-state index in [2.05, 4.69) is 24.3 Å². The molecule has 0 saturated carbocycles. The van der Waals surface area contributed by atoms with Crippen molar-refractivity contribution in [2.45, 2.75) is 25.4 Å². The second kappa shape index (κ2) is 6.00.